The predicted octanol–water partition coefficient (Wildman–Crippen LogP) is -0.394. The molecule has 0 radical (unpaired) electrons. The lowest BCUT2D eigenvalue weighted by Gasteiger charge is -2.02. The largest absolute Gasteiger partial charge is 0.480 e. The Morgan fingerprint density at radius 2 is 2.67 bits per heavy atom. The van der Waals surface area contributed by atoms with Gasteiger partial charge in [0.25, 0.3) is 0 Å². The molecule has 0 spiro atoms. The minimum absolute atomic E-state index is 0.0451. The number of hydrogen-bond acceptors (Lipinski definition) is 4. The quantitative estimate of drug-likeness (QED) is 0.607. The van der Waals surface area contributed by atoms with E-state index in [1.807, 2.05) is 6.92 Å². The average Bonchev–Trinajstić information content (AvgIpc) is 2.34. The number of aliphatic imine (C=N–C) groups is 1. The molecule has 2 atom stereocenters. The van der Waals surface area contributed by atoms with E-state index >= 15 is 0 Å². The number of ether oxygens (including phenoxy) is 1. The first-order valence-electron chi connectivity index (χ1n) is 3.77. The summed E-state index contributed by atoms with van der Waals surface area (Å²) < 4.78 is 5.03. The van der Waals surface area contributed by atoms with Gasteiger partial charge in [0.2, 0.25) is 0 Å². The monoisotopic (exact) mass is 172 g/mol. The summed E-state index contributed by atoms with van der Waals surface area (Å²) in [5, 5.41) is 8.55. The number of carboxylic acid groups (broad SMARTS) is 1. The zero-order valence-electron chi connectivity index (χ0n) is 6.86. The molecule has 68 valence electrons. The molecule has 0 amide bonds. The maximum atomic E-state index is 10.4. The fraction of sp³-hybridized carbons (Fsp3) is 0.714. The second-order valence-electron chi connectivity index (χ2n) is 2.87. The van der Waals surface area contributed by atoms with Gasteiger partial charge < -0.3 is 15.6 Å². The minimum Gasteiger partial charge on any atom is -0.480 e. The molecule has 3 N–H and O–H groups in total. The molecule has 0 aromatic heterocycles. The van der Waals surface area contributed by atoms with Crippen molar-refractivity contribution in [2.75, 3.05) is 6.61 Å². The highest BCUT2D eigenvalue weighted by molar-refractivity contribution is 5.84. The highest BCUT2D eigenvalue weighted by atomic mass is 16.5. The van der Waals surface area contributed by atoms with Crippen molar-refractivity contribution in [3.63, 3.8) is 0 Å². The highest BCUT2D eigenvalue weighted by Gasteiger charge is 2.25. The van der Waals surface area contributed by atoms with E-state index in [1.54, 1.807) is 0 Å². The lowest BCUT2D eigenvalue weighted by molar-refractivity contribution is -0.138. The van der Waals surface area contributed by atoms with Gasteiger partial charge in [0, 0.05) is 12.5 Å². The molecule has 12 heavy (non-hydrogen) atoms. The molecule has 0 fully saturated rings. The molecule has 5 nitrogen and oxygen atoms in total. The van der Waals surface area contributed by atoms with E-state index in [1.165, 1.54) is 0 Å². The van der Waals surface area contributed by atoms with Crippen LogP contribution >= 0.6 is 0 Å². The van der Waals surface area contributed by atoms with Gasteiger partial charge in [-0.3, -0.25) is 0 Å². The highest BCUT2D eigenvalue weighted by Crippen LogP contribution is 2.07. The molecule has 1 heterocycles. The maximum absolute atomic E-state index is 10.4. The SMILES string of the molecule is CC(N)CC1=NC(C(=O)O)CO1. The summed E-state index contributed by atoms with van der Waals surface area (Å²) in [7, 11) is 0. The standard InChI is InChI=1S/C7H12N2O3/c1-4(8)2-6-9-5(3-12-6)7(10)11/h4-5H,2-3,8H2,1H3,(H,10,11). The molecule has 1 aliphatic rings. The zero-order chi connectivity index (χ0) is 9.14. The van der Waals surface area contributed by atoms with Gasteiger partial charge in [-0.2, -0.15) is 0 Å². The third-order valence-electron chi connectivity index (χ3n) is 1.49. The van der Waals surface area contributed by atoms with Crippen LogP contribution in [0.5, 0.6) is 0 Å². The number of nitrogens with two attached hydrogens (primary N) is 1. The normalized spacial score (nSPS) is 24.5. The third kappa shape index (κ3) is 2.20. The molecule has 0 bridgehead atoms. The van der Waals surface area contributed by atoms with Gasteiger partial charge in [0.1, 0.15) is 6.61 Å². The molecule has 0 saturated carbocycles. The molecule has 5 heteroatoms. The van der Waals surface area contributed by atoms with Gasteiger partial charge in [-0.25, -0.2) is 9.79 Å². The Labute approximate surface area is 70.2 Å². The van der Waals surface area contributed by atoms with Crippen LogP contribution in [0.4, 0.5) is 0 Å². The first kappa shape index (κ1) is 8.99. The van der Waals surface area contributed by atoms with Crippen molar-refractivity contribution >= 4 is 11.9 Å². The van der Waals surface area contributed by atoms with Crippen molar-refractivity contribution in [3.8, 4) is 0 Å². The Hall–Kier alpha value is -1.10. The number of nitrogens with zero attached hydrogens (tertiary/aromatic N) is 1. The van der Waals surface area contributed by atoms with Crippen LogP contribution in [-0.4, -0.2) is 35.7 Å². The van der Waals surface area contributed by atoms with Crippen molar-refractivity contribution in [1.82, 2.24) is 0 Å². The van der Waals surface area contributed by atoms with Crippen LogP contribution in [0.15, 0.2) is 4.99 Å². The van der Waals surface area contributed by atoms with E-state index < -0.39 is 12.0 Å². The summed E-state index contributed by atoms with van der Waals surface area (Å²) in [5.41, 5.74) is 5.49. The van der Waals surface area contributed by atoms with E-state index in [2.05, 4.69) is 4.99 Å². The van der Waals surface area contributed by atoms with Crippen molar-refractivity contribution in [3.05, 3.63) is 0 Å². The zero-order valence-corrected chi connectivity index (χ0v) is 6.86. The van der Waals surface area contributed by atoms with Gasteiger partial charge in [-0.1, -0.05) is 0 Å². The lowest BCUT2D eigenvalue weighted by atomic mass is 10.2. The summed E-state index contributed by atoms with van der Waals surface area (Å²) in [6, 6.07) is -0.782. The van der Waals surface area contributed by atoms with Gasteiger partial charge in [-0.15, -0.1) is 0 Å². The van der Waals surface area contributed by atoms with Gasteiger partial charge in [-0.05, 0) is 6.92 Å². The smallest absolute Gasteiger partial charge is 0.332 e. The summed E-state index contributed by atoms with van der Waals surface area (Å²) in [6.45, 7) is 1.96. The summed E-state index contributed by atoms with van der Waals surface area (Å²) >= 11 is 0. The Bertz CT molecular complexity index is 213. The van der Waals surface area contributed by atoms with Crippen LogP contribution < -0.4 is 5.73 Å². The summed E-state index contributed by atoms with van der Waals surface area (Å²) in [6.07, 6.45) is 0.504. The molecule has 0 aliphatic carbocycles. The molecule has 2 unspecified atom stereocenters. The number of rotatable bonds is 3. The third-order valence-corrected chi connectivity index (χ3v) is 1.49. The summed E-state index contributed by atoms with van der Waals surface area (Å²) in [5.74, 6) is -0.493. The first-order valence-corrected chi connectivity index (χ1v) is 3.77. The van der Waals surface area contributed by atoms with E-state index in [0.717, 1.165) is 0 Å². The van der Waals surface area contributed by atoms with E-state index in [9.17, 15) is 4.79 Å². The van der Waals surface area contributed by atoms with Crippen LogP contribution in [-0.2, 0) is 9.53 Å². The van der Waals surface area contributed by atoms with Crippen molar-refractivity contribution in [1.29, 1.82) is 0 Å². The molecule has 1 rings (SSSR count). The maximum Gasteiger partial charge on any atom is 0.332 e. The van der Waals surface area contributed by atoms with Crippen molar-refractivity contribution in [2.45, 2.75) is 25.4 Å². The first-order chi connectivity index (χ1) is 5.59. The molecule has 0 saturated heterocycles. The molecule has 0 aromatic rings. The number of carbonyl (C=O) groups is 1. The van der Waals surface area contributed by atoms with Crippen LogP contribution in [0.2, 0.25) is 0 Å². The van der Waals surface area contributed by atoms with Gasteiger partial charge in [0.15, 0.2) is 11.9 Å². The second kappa shape index (κ2) is 3.53. The lowest BCUT2D eigenvalue weighted by Crippen LogP contribution is -2.19. The van der Waals surface area contributed by atoms with Crippen LogP contribution in [0.3, 0.4) is 0 Å². The summed E-state index contributed by atoms with van der Waals surface area (Å²) in [4.78, 5) is 14.3. The number of aliphatic carboxylic acids is 1. The molecule has 0 aromatic carbocycles. The number of hydrogen-bond donors (Lipinski definition) is 2. The predicted molar refractivity (Wildman–Crippen MR) is 43.1 cm³/mol. The Morgan fingerprint density at radius 1 is 2.00 bits per heavy atom. The van der Waals surface area contributed by atoms with Crippen LogP contribution in [0, 0.1) is 0 Å². The van der Waals surface area contributed by atoms with Crippen LogP contribution in [0.1, 0.15) is 13.3 Å². The Balaban J connectivity index is 2.48. The average molecular weight is 172 g/mol. The molecule has 1 aliphatic heterocycles. The van der Waals surface area contributed by atoms with Crippen molar-refractivity contribution in [2.24, 2.45) is 10.7 Å². The van der Waals surface area contributed by atoms with Crippen molar-refractivity contribution < 1.29 is 14.6 Å². The molecular weight excluding hydrogens is 160 g/mol. The van der Waals surface area contributed by atoms with E-state index in [4.69, 9.17) is 15.6 Å². The fourth-order valence-electron chi connectivity index (χ4n) is 0.937. The van der Waals surface area contributed by atoms with Gasteiger partial charge in [0.05, 0.1) is 0 Å². The van der Waals surface area contributed by atoms with Crippen LogP contribution in [0.25, 0.3) is 0 Å². The fourth-order valence-corrected chi connectivity index (χ4v) is 0.937. The topological polar surface area (TPSA) is 84.9 Å². The minimum atomic E-state index is -0.949. The number of carboxylic acids is 1. The Kier molecular flexibility index (Phi) is 2.65. The second-order valence-corrected chi connectivity index (χ2v) is 2.87. The Morgan fingerprint density at radius 3 is 3.08 bits per heavy atom. The van der Waals surface area contributed by atoms with E-state index in [-0.39, 0.29) is 12.6 Å². The molecular formula is C7H12N2O3. The van der Waals surface area contributed by atoms with E-state index in [0.29, 0.717) is 12.3 Å². The van der Waals surface area contributed by atoms with Gasteiger partial charge >= 0.3 is 5.97 Å².